The maximum Gasteiger partial charge on any atom is 0.435 e. The van der Waals surface area contributed by atoms with Crippen LogP contribution in [0.2, 0.25) is 0 Å². The summed E-state index contributed by atoms with van der Waals surface area (Å²) < 4.78 is 77.6. The lowest BCUT2D eigenvalue weighted by atomic mass is 10.1. The van der Waals surface area contributed by atoms with Crippen molar-refractivity contribution in [2.45, 2.75) is 37.5 Å². The highest BCUT2D eigenvalue weighted by Crippen LogP contribution is 2.33. The normalized spacial score (nSPS) is 21.6. The Morgan fingerprint density at radius 2 is 2.00 bits per heavy atom. The zero-order valence-corrected chi connectivity index (χ0v) is 12.7. The van der Waals surface area contributed by atoms with Gasteiger partial charge in [0.25, 0.3) is 0 Å². The summed E-state index contributed by atoms with van der Waals surface area (Å²) in [5.41, 5.74) is -3.38. The minimum Gasteiger partial charge on any atom is -0.385 e. The van der Waals surface area contributed by atoms with Gasteiger partial charge in [-0.25, -0.2) is 12.8 Å². The van der Waals surface area contributed by atoms with Gasteiger partial charge in [-0.05, 0) is 13.8 Å². The van der Waals surface area contributed by atoms with E-state index in [0.29, 0.717) is 0 Å². The fourth-order valence-corrected chi connectivity index (χ4v) is 3.45. The number of aromatic nitrogens is 2. The topological polar surface area (TPSA) is 73.5 Å². The third-order valence-electron chi connectivity index (χ3n) is 3.04. The number of aryl methyl sites for hydroxylation is 1. The molecule has 1 aliphatic rings. The smallest absolute Gasteiger partial charge is 0.385 e. The number of oxime groups is 1. The number of rotatable bonds is 2. The van der Waals surface area contributed by atoms with E-state index >= 15 is 0 Å². The van der Waals surface area contributed by atoms with Crippen LogP contribution in [0.5, 0.6) is 0 Å². The van der Waals surface area contributed by atoms with E-state index in [0.717, 1.165) is 10.9 Å². The van der Waals surface area contributed by atoms with Crippen molar-refractivity contribution in [3.8, 4) is 0 Å². The Kier molecular flexibility index (Phi) is 3.75. The second kappa shape index (κ2) is 4.93. The van der Waals surface area contributed by atoms with Gasteiger partial charge in [-0.15, -0.1) is 0 Å². The molecule has 1 aromatic rings. The summed E-state index contributed by atoms with van der Waals surface area (Å²) in [5.74, 6) is -1.06. The van der Waals surface area contributed by atoms with Crippen LogP contribution >= 0.6 is 0 Å². The van der Waals surface area contributed by atoms with Crippen LogP contribution in [-0.4, -0.2) is 35.0 Å². The summed E-state index contributed by atoms with van der Waals surface area (Å²) >= 11 is 0. The van der Waals surface area contributed by atoms with Crippen LogP contribution in [0.1, 0.15) is 25.1 Å². The Morgan fingerprint density at radius 3 is 2.45 bits per heavy atom. The fourth-order valence-electron chi connectivity index (χ4n) is 1.93. The van der Waals surface area contributed by atoms with Crippen LogP contribution in [-0.2, 0) is 33.7 Å². The Balaban J connectivity index is 2.36. The van der Waals surface area contributed by atoms with Crippen LogP contribution in [0.4, 0.5) is 17.6 Å². The first-order valence-electron chi connectivity index (χ1n) is 6.07. The molecule has 0 saturated carbocycles. The molecule has 0 aliphatic carbocycles. The molecule has 0 aromatic carbocycles. The molecule has 2 heterocycles. The molecule has 0 radical (unpaired) electrons. The number of alkyl halides is 4. The lowest BCUT2D eigenvalue weighted by Crippen LogP contribution is -2.37. The van der Waals surface area contributed by atoms with Crippen molar-refractivity contribution in [3.63, 3.8) is 0 Å². The SMILES string of the molecule is Cn1cc(CS(=O)(=O)C2=NOC(C)(C)C2F)c(C(F)(F)F)n1. The largest absolute Gasteiger partial charge is 0.435 e. The van der Waals surface area contributed by atoms with Gasteiger partial charge in [-0.2, -0.15) is 18.3 Å². The minimum atomic E-state index is -4.81. The molecule has 0 fully saturated rings. The second-order valence-corrected chi connectivity index (χ2v) is 7.36. The molecule has 6 nitrogen and oxygen atoms in total. The number of halogens is 4. The van der Waals surface area contributed by atoms with Crippen molar-refractivity contribution in [3.05, 3.63) is 17.5 Å². The van der Waals surface area contributed by atoms with Crippen molar-refractivity contribution in [2.75, 3.05) is 0 Å². The Bertz CT molecular complexity index is 721. The molecular weight excluding hydrogens is 330 g/mol. The molecule has 124 valence electrons. The molecule has 2 rings (SSSR count). The molecule has 1 atom stereocenters. The summed E-state index contributed by atoms with van der Waals surface area (Å²) in [5, 5.41) is 5.48. The zero-order chi connectivity index (χ0) is 16.9. The molecule has 1 unspecified atom stereocenters. The van der Waals surface area contributed by atoms with Crippen molar-refractivity contribution in [1.82, 2.24) is 9.78 Å². The van der Waals surface area contributed by atoms with E-state index < -0.39 is 49.8 Å². The standard InChI is InChI=1S/C11H13F4N3O3S/c1-10(2)7(12)9(17-21-10)22(19,20)5-6-4-18(3)16-8(6)11(13,14)15/h4,7H,5H2,1-3H3. The summed E-state index contributed by atoms with van der Waals surface area (Å²) in [6, 6.07) is 0. The van der Waals surface area contributed by atoms with Gasteiger partial charge in [-0.1, -0.05) is 5.16 Å². The molecular formula is C11H13F4N3O3S. The Morgan fingerprint density at radius 1 is 1.41 bits per heavy atom. The summed E-state index contributed by atoms with van der Waals surface area (Å²) in [7, 11) is -3.18. The fraction of sp³-hybridized carbons (Fsp3) is 0.636. The molecule has 0 amide bonds. The first kappa shape index (κ1) is 16.7. The Labute approximate surface area is 123 Å². The van der Waals surface area contributed by atoms with E-state index in [1.165, 1.54) is 20.9 Å². The molecule has 0 bridgehead atoms. The summed E-state index contributed by atoms with van der Waals surface area (Å²) in [6.07, 6.45) is -5.94. The molecule has 0 spiro atoms. The highest BCUT2D eigenvalue weighted by molar-refractivity contribution is 8.05. The molecule has 0 saturated heterocycles. The zero-order valence-electron chi connectivity index (χ0n) is 11.8. The first-order chi connectivity index (χ1) is 9.84. The van der Waals surface area contributed by atoms with Crippen LogP contribution in [0, 0.1) is 0 Å². The number of nitrogens with zero attached hydrogens (tertiary/aromatic N) is 3. The van der Waals surface area contributed by atoms with Crippen molar-refractivity contribution < 1.29 is 30.8 Å². The van der Waals surface area contributed by atoms with Gasteiger partial charge < -0.3 is 4.84 Å². The monoisotopic (exact) mass is 343 g/mol. The van der Waals surface area contributed by atoms with E-state index in [4.69, 9.17) is 0 Å². The van der Waals surface area contributed by atoms with Gasteiger partial charge in [0.1, 0.15) is 0 Å². The number of sulfone groups is 1. The number of hydrogen-bond donors (Lipinski definition) is 0. The van der Waals surface area contributed by atoms with Gasteiger partial charge in [0.05, 0.1) is 5.75 Å². The third kappa shape index (κ3) is 2.94. The predicted octanol–water partition coefficient (Wildman–Crippen LogP) is 1.81. The van der Waals surface area contributed by atoms with Crippen molar-refractivity contribution in [1.29, 1.82) is 0 Å². The van der Waals surface area contributed by atoms with Crippen LogP contribution in [0.25, 0.3) is 0 Å². The van der Waals surface area contributed by atoms with Gasteiger partial charge in [0.15, 0.2) is 17.5 Å². The van der Waals surface area contributed by atoms with Gasteiger partial charge in [0.2, 0.25) is 14.9 Å². The van der Waals surface area contributed by atoms with E-state index in [2.05, 4.69) is 15.1 Å². The molecule has 1 aromatic heterocycles. The van der Waals surface area contributed by atoms with Crippen molar-refractivity contribution in [2.24, 2.45) is 12.2 Å². The average molecular weight is 343 g/mol. The van der Waals surface area contributed by atoms with E-state index in [-0.39, 0.29) is 0 Å². The van der Waals surface area contributed by atoms with E-state index in [9.17, 15) is 26.0 Å². The highest BCUT2D eigenvalue weighted by atomic mass is 32.2. The summed E-state index contributed by atoms with van der Waals surface area (Å²) in [6.45, 7) is 2.57. The van der Waals surface area contributed by atoms with Crippen LogP contribution in [0.3, 0.4) is 0 Å². The van der Waals surface area contributed by atoms with Crippen LogP contribution in [0.15, 0.2) is 11.4 Å². The average Bonchev–Trinajstić information content (AvgIpc) is 2.80. The maximum atomic E-state index is 14.0. The third-order valence-corrected chi connectivity index (χ3v) is 4.65. The Hall–Kier alpha value is -1.65. The van der Waals surface area contributed by atoms with Gasteiger partial charge >= 0.3 is 6.18 Å². The lowest BCUT2D eigenvalue weighted by Gasteiger charge is -2.17. The molecule has 1 aliphatic heterocycles. The quantitative estimate of drug-likeness (QED) is 0.768. The van der Waals surface area contributed by atoms with Gasteiger partial charge in [-0.3, -0.25) is 4.68 Å². The van der Waals surface area contributed by atoms with Crippen LogP contribution < -0.4 is 0 Å². The molecule has 0 N–H and O–H groups in total. The second-order valence-electron chi connectivity index (χ2n) is 5.42. The highest BCUT2D eigenvalue weighted by Gasteiger charge is 2.48. The lowest BCUT2D eigenvalue weighted by molar-refractivity contribution is -0.141. The molecule has 22 heavy (non-hydrogen) atoms. The minimum absolute atomic E-state index is 0.574. The predicted molar refractivity (Wildman–Crippen MR) is 68.3 cm³/mol. The maximum absolute atomic E-state index is 14.0. The number of hydrogen-bond acceptors (Lipinski definition) is 5. The van der Waals surface area contributed by atoms with Gasteiger partial charge in [0, 0.05) is 18.8 Å². The summed E-state index contributed by atoms with van der Waals surface area (Å²) in [4.78, 5) is 4.68. The van der Waals surface area contributed by atoms with E-state index in [1.807, 2.05) is 0 Å². The van der Waals surface area contributed by atoms with Crippen molar-refractivity contribution >= 4 is 14.9 Å². The molecule has 11 heteroatoms. The van der Waals surface area contributed by atoms with E-state index in [1.54, 1.807) is 0 Å². The first-order valence-corrected chi connectivity index (χ1v) is 7.72.